The van der Waals surface area contributed by atoms with E-state index >= 15 is 0 Å². The first kappa shape index (κ1) is 11.9. The van der Waals surface area contributed by atoms with Gasteiger partial charge in [-0.2, -0.15) is 5.10 Å². The third-order valence-electron chi connectivity index (χ3n) is 3.37. The summed E-state index contributed by atoms with van der Waals surface area (Å²) in [5.41, 5.74) is 6.03. The Hall–Kier alpha value is -1.56. The number of nitrogen functional groups attached to an aromatic ring is 1. The van der Waals surface area contributed by atoms with Gasteiger partial charge in [0, 0.05) is 6.54 Å². The van der Waals surface area contributed by atoms with Gasteiger partial charge in [0.25, 0.3) is 5.91 Å². The summed E-state index contributed by atoms with van der Waals surface area (Å²) in [5, 5.41) is 16.2. The molecule has 1 aromatic rings. The number of rotatable bonds is 4. The first-order valence-corrected chi connectivity index (χ1v) is 5.86. The van der Waals surface area contributed by atoms with Gasteiger partial charge in [0.15, 0.2) is 0 Å². The van der Waals surface area contributed by atoms with Crippen LogP contribution in [-0.4, -0.2) is 32.9 Å². The van der Waals surface area contributed by atoms with E-state index in [1.807, 2.05) is 6.92 Å². The number of aryl methyl sites for hydroxylation is 1. The monoisotopic (exact) mass is 238 g/mol. The molecule has 0 radical (unpaired) electrons. The van der Waals surface area contributed by atoms with Crippen LogP contribution in [0.2, 0.25) is 0 Å². The van der Waals surface area contributed by atoms with Gasteiger partial charge in [-0.3, -0.25) is 9.48 Å². The van der Waals surface area contributed by atoms with Crippen LogP contribution >= 0.6 is 0 Å². The van der Waals surface area contributed by atoms with Gasteiger partial charge in [0.1, 0.15) is 5.69 Å². The van der Waals surface area contributed by atoms with E-state index in [1.165, 1.54) is 6.20 Å². The van der Waals surface area contributed by atoms with Crippen molar-refractivity contribution in [1.82, 2.24) is 15.1 Å². The van der Waals surface area contributed by atoms with Crippen LogP contribution in [-0.2, 0) is 6.54 Å². The first-order valence-electron chi connectivity index (χ1n) is 5.86. The summed E-state index contributed by atoms with van der Waals surface area (Å²) in [6.07, 6.45) is 4.14. The number of carbonyl (C=O) groups excluding carboxylic acids is 1. The molecule has 94 valence electrons. The molecule has 6 nitrogen and oxygen atoms in total. The normalized spacial score (nSPS) is 17.5. The van der Waals surface area contributed by atoms with E-state index in [2.05, 4.69) is 10.4 Å². The second-order valence-electron chi connectivity index (χ2n) is 4.51. The second kappa shape index (κ2) is 4.37. The van der Waals surface area contributed by atoms with E-state index in [0.29, 0.717) is 17.9 Å². The molecule has 1 heterocycles. The van der Waals surface area contributed by atoms with E-state index < -0.39 is 5.54 Å². The summed E-state index contributed by atoms with van der Waals surface area (Å²) < 4.78 is 1.56. The standard InChI is InChI=1S/C11H18N4O2/c1-2-15-9(8(12)6-13-15)10(17)14-11(7-16)4-3-5-11/h6,16H,2-5,7,12H2,1H3,(H,14,17). The number of anilines is 1. The lowest BCUT2D eigenvalue weighted by Crippen LogP contribution is -2.56. The van der Waals surface area contributed by atoms with Crippen molar-refractivity contribution < 1.29 is 9.90 Å². The highest BCUT2D eigenvalue weighted by molar-refractivity contribution is 5.97. The van der Waals surface area contributed by atoms with E-state index in [1.54, 1.807) is 4.68 Å². The number of amides is 1. The van der Waals surface area contributed by atoms with Crippen LogP contribution in [0.15, 0.2) is 6.20 Å². The number of aliphatic hydroxyl groups is 1. The van der Waals surface area contributed by atoms with Crippen molar-refractivity contribution in [2.45, 2.75) is 38.3 Å². The lowest BCUT2D eigenvalue weighted by atomic mass is 9.77. The smallest absolute Gasteiger partial charge is 0.272 e. The third-order valence-corrected chi connectivity index (χ3v) is 3.37. The zero-order valence-electron chi connectivity index (χ0n) is 9.94. The molecule has 1 aliphatic carbocycles. The van der Waals surface area contributed by atoms with Crippen LogP contribution < -0.4 is 11.1 Å². The molecule has 0 unspecified atom stereocenters. The van der Waals surface area contributed by atoms with Crippen molar-refractivity contribution in [2.24, 2.45) is 0 Å². The lowest BCUT2D eigenvalue weighted by molar-refractivity contribution is 0.0634. The summed E-state index contributed by atoms with van der Waals surface area (Å²) in [7, 11) is 0. The predicted octanol–water partition coefficient (Wildman–Crippen LogP) is 0.130. The molecule has 0 spiro atoms. The third kappa shape index (κ3) is 2.00. The number of nitrogens with one attached hydrogen (secondary N) is 1. The molecular weight excluding hydrogens is 220 g/mol. The van der Waals surface area contributed by atoms with Gasteiger partial charge < -0.3 is 16.2 Å². The molecule has 2 rings (SSSR count). The number of hydrogen-bond acceptors (Lipinski definition) is 4. The Kier molecular flexibility index (Phi) is 3.06. The largest absolute Gasteiger partial charge is 0.396 e. The molecule has 1 aromatic heterocycles. The SMILES string of the molecule is CCn1ncc(N)c1C(=O)NC1(CO)CCC1. The molecule has 17 heavy (non-hydrogen) atoms. The Balaban J connectivity index is 2.16. The summed E-state index contributed by atoms with van der Waals surface area (Å²) in [4.78, 5) is 12.1. The van der Waals surface area contributed by atoms with Gasteiger partial charge in [0.2, 0.25) is 0 Å². The highest BCUT2D eigenvalue weighted by Crippen LogP contribution is 2.31. The Bertz CT molecular complexity index is 418. The van der Waals surface area contributed by atoms with Crippen LogP contribution in [0, 0.1) is 0 Å². The summed E-state index contributed by atoms with van der Waals surface area (Å²) in [5.74, 6) is -0.254. The number of carbonyl (C=O) groups is 1. The molecule has 1 fully saturated rings. The number of aliphatic hydroxyl groups excluding tert-OH is 1. The van der Waals surface area contributed by atoms with Crippen LogP contribution in [0.5, 0.6) is 0 Å². The van der Waals surface area contributed by atoms with Crippen molar-refractivity contribution in [3.8, 4) is 0 Å². The van der Waals surface area contributed by atoms with Gasteiger partial charge >= 0.3 is 0 Å². The molecule has 0 saturated heterocycles. The minimum Gasteiger partial charge on any atom is -0.396 e. The van der Waals surface area contributed by atoms with Crippen molar-refractivity contribution in [2.75, 3.05) is 12.3 Å². The van der Waals surface area contributed by atoms with Gasteiger partial charge in [-0.05, 0) is 26.2 Å². The predicted molar refractivity (Wildman–Crippen MR) is 63.4 cm³/mol. The zero-order valence-corrected chi connectivity index (χ0v) is 9.94. The summed E-state index contributed by atoms with van der Waals surface area (Å²) in [6, 6.07) is 0. The van der Waals surface area contributed by atoms with Gasteiger partial charge in [-0.1, -0.05) is 0 Å². The Morgan fingerprint density at radius 1 is 1.71 bits per heavy atom. The van der Waals surface area contributed by atoms with Crippen molar-refractivity contribution in [1.29, 1.82) is 0 Å². The van der Waals surface area contributed by atoms with E-state index in [-0.39, 0.29) is 12.5 Å². The summed E-state index contributed by atoms with van der Waals surface area (Å²) in [6.45, 7) is 2.46. The van der Waals surface area contributed by atoms with Crippen molar-refractivity contribution in [3.63, 3.8) is 0 Å². The fraction of sp³-hybridized carbons (Fsp3) is 0.636. The topological polar surface area (TPSA) is 93.2 Å². The highest BCUT2D eigenvalue weighted by atomic mass is 16.3. The first-order chi connectivity index (χ1) is 8.12. The second-order valence-corrected chi connectivity index (χ2v) is 4.51. The molecule has 0 bridgehead atoms. The van der Waals surface area contributed by atoms with Crippen LogP contribution in [0.25, 0.3) is 0 Å². The van der Waals surface area contributed by atoms with Crippen LogP contribution in [0.1, 0.15) is 36.7 Å². The highest BCUT2D eigenvalue weighted by Gasteiger charge is 2.38. The van der Waals surface area contributed by atoms with E-state index in [9.17, 15) is 9.90 Å². The quantitative estimate of drug-likeness (QED) is 0.695. The maximum atomic E-state index is 12.1. The molecule has 1 saturated carbocycles. The molecule has 0 atom stereocenters. The lowest BCUT2D eigenvalue weighted by Gasteiger charge is -2.40. The maximum Gasteiger partial charge on any atom is 0.272 e. The number of aromatic nitrogens is 2. The van der Waals surface area contributed by atoms with E-state index in [4.69, 9.17) is 5.73 Å². The summed E-state index contributed by atoms with van der Waals surface area (Å²) >= 11 is 0. The molecule has 6 heteroatoms. The van der Waals surface area contributed by atoms with Gasteiger partial charge in [0.05, 0.1) is 24.0 Å². The Labute approximate surface area is 99.8 Å². The van der Waals surface area contributed by atoms with Gasteiger partial charge in [-0.15, -0.1) is 0 Å². The van der Waals surface area contributed by atoms with Gasteiger partial charge in [-0.25, -0.2) is 0 Å². The average molecular weight is 238 g/mol. The van der Waals surface area contributed by atoms with Crippen molar-refractivity contribution >= 4 is 11.6 Å². The number of nitrogens with two attached hydrogens (primary N) is 1. The minimum atomic E-state index is -0.452. The average Bonchev–Trinajstić information content (AvgIpc) is 2.64. The minimum absolute atomic E-state index is 0.0289. The maximum absolute atomic E-state index is 12.1. The molecule has 1 amide bonds. The fourth-order valence-corrected chi connectivity index (χ4v) is 2.11. The van der Waals surface area contributed by atoms with Crippen LogP contribution in [0.3, 0.4) is 0 Å². The molecular formula is C11H18N4O2. The Morgan fingerprint density at radius 2 is 2.41 bits per heavy atom. The van der Waals surface area contributed by atoms with Crippen LogP contribution in [0.4, 0.5) is 5.69 Å². The number of nitrogens with zero attached hydrogens (tertiary/aromatic N) is 2. The molecule has 1 aliphatic rings. The number of hydrogen-bond donors (Lipinski definition) is 3. The zero-order chi connectivity index (χ0) is 12.5. The molecule has 0 aromatic carbocycles. The molecule has 0 aliphatic heterocycles. The fourth-order valence-electron chi connectivity index (χ4n) is 2.11. The van der Waals surface area contributed by atoms with Crippen molar-refractivity contribution in [3.05, 3.63) is 11.9 Å². The van der Waals surface area contributed by atoms with E-state index in [0.717, 1.165) is 19.3 Å². The Morgan fingerprint density at radius 3 is 2.88 bits per heavy atom. The molecule has 4 N–H and O–H groups in total.